The predicted octanol–water partition coefficient (Wildman–Crippen LogP) is 1.48. The van der Waals surface area contributed by atoms with Gasteiger partial charge in [-0.3, -0.25) is 4.90 Å². The first-order valence-corrected chi connectivity index (χ1v) is 7.04. The standard InChI is InChI=1S/C13H20N2O2S/c1-9-8-11(10(2)18-9)12(13(16)17-3)15-6-4-14-5-7-15/h8,12,14H,4-7H2,1-3H3. The number of hydrogen-bond donors (Lipinski definition) is 1. The lowest BCUT2D eigenvalue weighted by atomic mass is 10.1. The zero-order valence-electron chi connectivity index (χ0n) is 11.2. The van der Waals surface area contributed by atoms with Gasteiger partial charge < -0.3 is 10.1 Å². The number of esters is 1. The van der Waals surface area contributed by atoms with E-state index in [9.17, 15) is 4.79 Å². The van der Waals surface area contributed by atoms with Crippen molar-refractivity contribution in [2.45, 2.75) is 19.9 Å². The number of methoxy groups -OCH3 is 1. The molecule has 2 rings (SSSR count). The van der Waals surface area contributed by atoms with Gasteiger partial charge in [0.05, 0.1) is 7.11 Å². The highest BCUT2D eigenvalue weighted by atomic mass is 32.1. The van der Waals surface area contributed by atoms with E-state index in [1.807, 2.05) is 0 Å². The van der Waals surface area contributed by atoms with Crippen molar-refractivity contribution in [3.63, 3.8) is 0 Å². The summed E-state index contributed by atoms with van der Waals surface area (Å²) in [6.45, 7) is 7.77. The molecule has 1 aromatic rings. The molecule has 1 aliphatic heterocycles. The van der Waals surface area contributed by atoms with E-state index in [0.717, 1.165) is 31.7 Å². The second kappa shape index (κ2) is 5.82. The Balaban J connectivity index is 2.29. The minimum Gasteiger partial charge on any atom is -0.468 e. The molecular weight excluding hydrogens is 248 g/mol. The molecular formula is C13H20N2O2S. The van der Waals surface area contributed by atoms with Crippen molar-refractivity contribution in [2.24, 2.45) is 0 Å². The fourth-order valence-corrected chi connectivity index (χ4v) is 3.40. The molecule has 0 amide bonds. The van der Waals surface area contributed by atoms with Gasteiger partial charge >= 0.3 is 5.97 Å². The number of rotatable bonds is 3. The topological polar surface area (TPSA) is 41.6 Å². The summed E-state index contributed by atoms with van der Waals surface area (Å²) in [7, 11) is 1.46. The maximum atomic E-state index is 12.1. The van der Waals surface area contributed by atoms with Gasteiger partial charge in [-0.15, -0.1) is 11.3 Å². The van der Waals surface area contributed by atoms with Crippen LogP contribution in [0.1, 0.15) is 21.4 Å². The lowest BCUT2D eigenvalue weighted by Crippen LogP contribution is -2.47. The lowest BCUT2D eigenvalue weighted by molar-refractivity contribution is -0.147. The summed E-state index contributed by atoms with van der Waals surface area (Å²) in [5, 5.41) is 3.31. The second-order valence-electron chi connectivity index (χ2n) is 4.58. The Morgan fingerprint density at radius 1 is 1.44 bits per heavy atom. The Labute approximate surface area is 112 Å². The van der Waals surface area contributed by atoms with E-state index in [-0.39, 0.29) is 12.0 Å². The van der Waals surface area contributed by atoms with Gasteiger partial charge in [0.1, 0.15) is 6.04 Å². The molecule has 1 N–H and O–H groups in total. The van der Waals surface area contributed by atoms with E-state index in [0.29, 0.717) is 0 Å². The summed E-state index contributed by atoms with van der Waals surface area (Å²) in [6, 6.07) is 1.87. The van der Waals surface area contributed by atoms with Crippen molar-refractivity contribution in [1.82, 2.24) is 10.2 Å². The number of hydrogen-bond acceptors (Lipinski definition) is 5. The second-order valence-corrected chi connectivity index (χ2v) is 6.04. The first-order valence-electron chi connectivity index (χ1n) is 6.23. The fourth-order valence-electron chi connectivity index (χ4n) is 2.45. The van der Waals surface area contributed by atoms with Crippen molar-refractivity contribution in [2.75, 3.05) is 33.3 Å². The number of carbonyl (C=O) groups excluding carboxylic acids is 1. The van der Waals surface area contributed by atoms with E-state index in [1.165, 1.54) is 16.9 Å². The van der Waals surface area contributed by atoms with Gasteiger partial charge in [0, 0.05) is 35.9 Å². The molecule has 0 spiro atoms. The Morgan fingerprint density at radius 2 is 2.11 bits per heavy atom. The van der Waals surface area contributed by atoms with Crippen LogP contribution in [0.5, 0.6) is 0 Å². The SMILES string of the molecule is COC(=O)C(c1cc(C)sc1C)N1CCNCC1. The molecule has 0 saturated carbocycles. The van der Waals surface area contributed by atoms with Gasteiger partial charge in [-0.2, -0.15) is 0 Å². The number of nitrogens with zero attached hydrogens (tertiary/aromatic N) is 1. The van der Waals surface area contributed by atoms with Crippen molar-refractivity contribution < 1.29 is 9.53 Å². The Hall–Kier alpha value is -0.910. The van der Waals surface area contributed by atoms with E-state index in [1.54, 1.807) is 11.3 Å². The van der Waals surface area contributed by atoms with Crippen molar-refractivity contribution in [1.29, 1.82) is 0 Å². The number of thiophene rings is 1. The molecule has 1 aromatic heterocycles. The molecule has 2 heterocycles. The zero-order valence-corrected chi connectivity index (χ0v) is 12.0. The van der Waals surface area contributed by atoms with E-state index in [2.05, 4.69) is 30.1 Å². The van der Waals surface area contributed by atoms with Gasteiger partial charge in [0.2, 0.25) is 0 Å². The number of nitrogens with one attached hydrogen (secondary N) is 1. The summed E-state index contributed by atoms with van der Waals surface area (Å²) in [5.41, 5.74) is 1.10. The van der Waals surface area contributed by atoms with Crippen molar-refractivity contribution in [3.05, 3.63) is 21.4 Å². The van der Waals surface area contributed by atoms with Gasteiger partial charge in [-0.05, 0) is 25.5 Å². The number of aryl methyl sites for hydroxylation is 2. The van der Waals surface area contributed by atoms with Gasteiger partial charge in [-0.1, -0.05) is 0 Å². The molecule has 100 valence electrons. The first-order chi connectivity index (χ1) is 8.63. The summed E-state index contributed by atoms with van der Waals surface area (Å²) in [4.78, 5) is 16.8. The third-order valence-electron chi connectivity index (χ3n) is 3.32. The maximum absolute atomic E-state index is 12.1. The number of ether oxygens (including phenoxy) is 1. The molecule has 0 bridgehead atoms. The molecule has 1 fully saturated rings. The van der Waals surface area contributed by atoms with Crippen LogP contribution < -0.4 is 5.32 Å². The van der Waals surface area contributed by atoms with Crippen LogP contribution >= 0.6 is 11.3 Å². The minimum atomic E-state index is -0.248. The van der Waals surface area contributed by atoms with E-state index < -0.39 is 0 Å². The maximum Gasteiger partial charge on any atom is 0.327 e. The Bertz CT molecular complexity index is 425. The Morgan fingerprint density at radius 3 is 2.61 bits per heavy atom. The van der Waals surface area contributed by atoms with Crippen LogP contribution in [0.25, 0.3) is 0 Å². The van der Waals surface area contributed by atoms with Crippen molar-refractivity contribution >= 4 is 17.3 Å². The molecule has 0 aliphatic carbocycles. The third-order valence-corrected chi connectivity index (χ3v) is 4.30. The number of piperazine rings is 1. The first kappa shape index (κ1) is 13.5. The summed E-state index contributed by atoms with van der Waals surface area (Å²) < 4.78 is 4.99. The van der Waals surface area contributed by atoms with Crippen molar-refractivity contribution in [3.8, 4) is 0 Å². The smallest absolute Gasteiger partial charge is 0.327 e. The summed E-state index contributed by atoms with van der Waals surface area (Å²) in [6.07, 6.45) is 0. The molecule has 1 aliphatic rings. The molecule has 1 atom stereocenters. The van der Waals surface area contributed by atoms with Crippen LogP contribution in [0.4, 0.5) is 0 Å². The quantitative estimate of drug-likeness (QED) is 0.843. The molecule has 1 saturated heterocycles. The molecule has 4 nitrogen and oxygen atoms in total. The largest absolute Gasteiger partial charge is 0.468 e. The van der Waals surface area contributed by atoms with Gasteiger partial charge in [0.25, 0.3) is 0 Å². The number of carbonyl (C=O) groups is 1. The van der Waals surface area contributed by atoms with Crippen LogP contribution in [-0.4, -0.2) is 44.2 Å². The zero-order chi connectivity index (χ0) is 13.1. The van der Waals surface area contributed by atoms with Crippen LogP contribution in [0.15, 0.2) is 6.07 Å². The summed E-state index contributed by atoms with van der Waals surface area (Å²) >= 11 is 1.74. The Kier molecular flexibility index (Phi) is 4.37. The molecule has 1 unspecified atom stereocenters. The predicted molar refractivity (Wildman–Crippen MR) is 73.0 cm³/mol. The van der Waals surface area contributed by atoms with E-state index in [4.69, 9.17) is 4.74 Å². The molecule has 0 aromatic carbocycles. The minimum absolute atomic E-state index is 0.155. The normalized spacial score (nSPS) is 18.6. The lowest BCUT2D eigenvalue weighted by Gasteiger charge is -2.33. The molecule has 5 heteroatoms. The van der Waals surface area contributed by atoms with Crippen LogP contribution in [0, 0.1) is 13.8 Å². The highest BCUT2D eigenvalue weighted by Gasteiger charge is 2.31. The van der Waals surface area contributed by atoms with Crippen LogP contribution in [0.2, 0.25) is 0 Å². The fraction of sp³-hybridized carbons (Fsp3) is 0.615. The van der Waals surface area contributed by atoms with Crippen LogP contribution in [-0.2, 0) is 9.53 Å². The average molecular weight is 268 g/mol. The van der Waals surface area contributed by atoms with Gasteiger partial charge in [-0.25, -0.2) is 4.79 Å². The monoisotopic (exact) mass is 268 g/mol. The molecule has 18 heavy (non-hydrogen) atoms. The highest BCUT2D eigenvalue weighted by Crippen LogP contribution is 2.31. The van der Waals surface area contributed by atoms with Crippen LogP contribution in [0.3, 0.4) is 0 Å². The van der Waals surface area contributed by atoms with E-state index >= 15 is 0 Å². The van der Waals surface area contributed by atoms with Gasteiger partial charge in [0.15, 0.2) is 0 Å². The third kappa shape index (κ3) is 2.74. The average Bonchev–Trinajstić information content (AvgIpc) is 2.70. The highest BCUT2D eigenvalue weighted by molar-refractivity contribution is 7.12. The summed E-state index contributed by atoms with van der Waals surface area (Å²) in [5.74, 6) is -0.155. The molecule has 0 radical (unpaired) electrons.